The molecular formula is C9H16NS. The van der Waals surface area contributed by atoms with Gasteiger partial charge in [0.25, 0.3) is 0 Å². The van der Waals surface area contributed by atoms with Gasteiger partial charge in [0.1, 0.15) is 0 Å². The molecule has 2 heteroatoms. The van der Waals surface area contributed by atoms with Crippen LogP contribution in [-0.4, -0.2) is 24.0 Å². The van der Waals surface area contributed by atoms with Crippen LogP contribution in [0.3, 0.4) is 0 Å². The summed E-state index contributed by atoms with van der Waals surface area (Å²) < 4.78 is 0. The van der Waals surface area contributed by atoms with Crippen molar-refractivity contribution in [3.63, 3.8) is 0 Å². The van der Waals surface area contributed by atoms with E-state index in [1.807, 2.05) is 14.1 Å². The Morgan fingerprint density at radius 1 is 1.36 bits per heavy atom. The van der Waals surface area contributed by atoms with E-state index in [0.717, 1.165) is 4.99 Å². The van der Waals surface area contributed by atoms with E-state index in [1.165, 1.54) is 25.7 Å². The summed E-state index contributed by atoms with van der Waals surface area (Å²) in [5.41, 5.74) is 0. The Hall–Kier alpha value is -0.110. The number of hydrogen-bond donors (Lipinski definition) is 0. The molecule has 0 atom stereocenters. The Labute approximate surface area is 74.8 Å². The van der Waals surface area contributed by atoms with Crippen LogP contribution in [0.4, 0.5) is 0 Å². The predicted octanol–water partition coefficient (Wildman–Crippen LogP) is 2.27. The van der Waals surface area contributed by atoms with Crippen LogP contribution in [0.2, 0.25) is 0 Å². The van der Waals surface area contributed by atoms with Crippen molar-refractivity contribution in [3.05, 3.63) is 6.42 Å². The van der Waals surface area contributed by atoms with Crippen molar-refractivity contribution >= 4 is 17.2 Å². The van der Waals surface area contributed by atoms with Crippen LogP contribution in [-0.2, 0) is 0 Å². The zero-order chi connectivity index (χ0) is 8.27. The topological polar surface area (TPSA) is 3.24 Å². The van der Waals surface area contributed by atoms with E-state index >= 15 is 0 Å². The Balaban J connectivity index is 2.39. The maximum absolute atomic E-state index is 5.31. The first-order valence-corrected chi connectivity index (χ1v) is 4.65. The van der Waals surface area contributed by atoms with Crippen molar-refractivity contribution in [3.8, 4) is 0 Å². The van der Waals surface area contributed by atoms with Crippen molar-refractivity contribution in [1.82, 2.24) is 4.90 Å². The fourth-order valence-corrected chi connectivity index (χ4v) is 1.77. The molecule has 0 N–H and O–H groups in total. The van der Waals surface area contributed by atoms with Gasteiger partial charge in [0.15, 0.2) is 0 Å². The first-order valence-electron chi connectivity index (χ1n) is 4.24. The lowest BCUT2D eigenvalue weighted by molar-refractivity contribution is 0.466. The van der Waals surface area contributed by atoms with E-state index < -0.39 is 0 Å². The van der Waals surface area contributed by atoms with Gasteiger partial charge in [-0.1, -0.05) is 12.2 Å². The van der Waals surface area contributed by atoms with Gasteiger partial charge >= 0.3 is 0 Å². The summed E-state index contributed by atoms with van der Waals surface area (Å²) in [6.45, 7) is 0. The Morgan fingerprint density at radius 2 is 1.91 bits per heavy atom. The number of nitrogens with zero attached hydrogens (tertiary/aromatic N) is 1. The average Bonchev–Trinajstić information content (AvgIpc) is 2.05. The molecule has 0 aliphatic heterocycles. The van der Waals surface area contributed by atoms with Gasteiger partial charge in [-0.05, 0) is 32.1 Å². The second kappa shape index (κ2) is 4.05. The van der Waals surface area contributed by atoms with E-state index in [0.29, 0.717) is 5.92 Å². The summed E-state index contributed by atoms with van der Waals surface area (Å²) in [5.74, 6) is 0.671. The number of rotatable bonds is 1. The SMILES string of the molecule is CN(C)C(=S)C1CC[CH]CC1. The van der Waals surface area contributed by atoms with Crippen LogP contribution >= 0.6 is 12.2 Å². The van der Waals surface area contributed by atoms with Gasteiger partial charge in [0.05, 0.1) is 4.99 Å². The molecule has 63 valence electrons. The first-order chi connectivity index (χ1) is 5.22. The highest BCUT2D eigenvalue weighted by Crippen LogP contribution is 2.24. The van der Waals surface area contributed by atoms with Crippen molar-refractivity contribution < 1.29 is 0 Å². The summed E-state index contributed by atoms with van der Waals surface area (Å²) in [7, 11) is 4.08. The Bertz CT molecular complexity index is 136. The van der Waals surface area contributed by atoms with Crippen LogP contribution in [0.5, 0.6) is 0 Å². The van der Waals surface area contributed by atoms with Gasteiger partial charge in [-0.15, -0.1) is 0 Å². The third-order valence-electron chi connectivity index (χ3n) is 2.23. The molecule has 1 aliphatic carbocycles. The van der Waals surface area contributed by atoms with Crippen molar-refractivity contribution in [2.75, 3.05) is 14.1 Å². The summed E-state index contributed by atoms with van der Waals surface area (Å²) >= 11 is 5.31. The highest BCUT2D eigenvalue weighted by molar-refractivity contribution is 7.80. The summed E-state index contributed by atoms with van der Waals surface area (Å²) in [4.78, 5) is 3.21. The molecule has 11 heavy (non-hydrogen) atoms. The molecule has 1 rings (SSSR count). The van der Waals surface area contributed by atoms with E-state index in [-0.39, 0.29) is 0 Å². The lowest BCUT2D eigenvalue weighted by Crippen LogP contribution is -2.29. The minimum Gasteiger partial charge on any atom is -0.372 e. The standard InChI is InChI=1S/C9H16NS/c1-10(2)9(11)8-6-4-3-5-7-8/h3,8H,4-7H2,1-2H3. The van der Waals surface area contributed by atoms with E-state index in [1.54, 1.807) is 0 Å². The van der Waals surface area contributed by atoms with E-state index in [2.05, 4.69) is 11.3 Å². The molecule has 0 amide bonds. The average molecular weight is 170 g/mol. The van der Waals surface area contributed by atoms with E-state index in [9.17, 15) is 0 Å². The van der Waals surface area contributed by atoms with Crippen LogP contribution in [0.25, 0.3) is 0 Å². The van der Waals surface area contributed by atoms with Crippen molar-refractivity contribution in [2.24, 2.45) is 5.92 Å². The quantitative estimate of drug-likeness (QED) is 0.555. The van der Waals surface area contributed by atoms with E-state index in [4.69, 9.17) is 12.2 Å². The highest BCUT2D eigenvalue weighted by Gasteiger charge is 2.18. The number of hydrogen-bond acceptors (Lipinski definition) is 1. The zero-order valence-electron chi connectivity index (χ0n) is 7.34. The third-order valence-corrected chi connectivity index (χ3v) is 2.93. The molecule has 0 bridgehead atoms. The molecule has 0 heterocycles. The molecule has 0 spiro atoms. The predicted molar refractivity (Wildman–Crippen MR) is 52.5 cm³/mol. The molecule has 1 aliphatic rings. The normalized spacial score (nSPS) is 19.8. The number of thiocarbonyl (C=S) groups is 1. The van der Waals surface area contributed by atoms with Crippen LogP contribution in [0.1, 0.15) is 25.7 Å². The Morgan fingerprint density at radius 3 is 2.36 bits per heavy atom. The zero-order valence-corrected chi connectivity index (χ0v) is 8.16. The molecule has 1 saturated carbocycles. The lowest BCUT2D eigenvalue weighted by atomic mass is 9.89. The molecule has 1 fully saturated rings. The highest BCUT2D eigenvalue weighted by atomic mass is 32.1. The molecule has 0 aromatic rings. The largest absolute Gasteiger partial charge is 0.372 e. The Kier molecular flexibility index (Phi) is 3.31. The van der Waals surface area contributed by atoms with Gasteiger partial charge < -0.3 is 4.90 Å². The maximum Gasteiger partial charge on any atom is 0.0805 e. The molecule has 0 unspecified atom stereocenters. The minimum absolute atomic E-state index is 0.671. The smallest absolute Gasteiger partial charge is 0.0805 e. The van der Waals surface area contributed by atoms with Crippen LogP contribution in [0, 0.1) is 12.3 Å². The summed E-state index contributed by atoms with van der Waals surface area (Å²) in [6.07, 6.45) is 7.39. The summed E-state index contributed by atoms with van der Waals surface area (Å²) in [6, 6.07) is 0. The van der Waals surface area contributed by atoms with Gasteiger partial charge in [-0.2, -0.15) is 0 Å². The van der Waals surface area contributed by atoms with Crippen LogP contribution in [0.15, 0.2) is 0 Å². The molecule has 0 saturated heterocycles. The van der Waals surface area contributed by atoms with Gasteiger partial charge in [0.2, 0.25) is 0 Å². The first kappa shape index (κ1) is 8.98. The van der Waals surface area contributed by atoms with Gasteiger partial charge in [0, 0.05) is 20.0 Å². The molecular weight excluding hydrogens is 154 g/mol. The second-order valence-electron chi connectivity index (χ2n) is 3.37. The van der Waals surface area contributed by atoms with Crippen molar-refractivity contribution in [1.29, 1.82) is 0 Å². The molecule has 0 aromatic carbocycles. The third kappa shape index (κ3) is 2.44. The second-order valence-corrected chi connectivity index (χ2v) is 3.79. The summed E-state index contributed by atoms with van der Waals surface area (Å²) in [5, 5.41) is 0. The molecule has 1 nitrogen and oxygen atoms in total. The molecule has 0 aromatic heterocycles. The fourth-order valence-electron chi connectivity index (χ4n) is 1.54. The van der Waals surface area contributed by atoms with Gasteiger partial charge in [-0.25, -0.2) is 0 Å². The van der Waals surface area contributed by atoms with Crippen molar-refractivity contribution in [2.45, 2.75) is 25.7 Å². The van der Waals surface area contributed by atoms with Gasteiger partial charge in [-0.3, -0.25) is 0 Å². The lowest BCUT2D eigenvalue weighted by Gasteiger charge is -2.26. The molecule has 1 radical (unpaired) electrons. The monoisotopic (exact) mass is 170 g/mol. The minimum atomic E-state index is 0.671. The fraction of sp³-hybridized carbons (Fsp3) is 0.778. The van der Waals surface area contributed by atoms with Crippen LogP contribution < -0.4 is 0 Å². The maximum atomic E-state index is 5.31.